The van der Waals surface area contributed by atoms with E-state index in [4.69, 9.17) is 0 Å². The van der Waals surface area contributed by atoms with Gasteiger partial charge in [0.2, 0.25) is 0 Å². The molecule has 1 heterocycles. The molecule has 0 saturated carbocycles. The number of H-pyrrole nitrogens is 1. The molecule has 0 aliphatic rings. The summed E-state index contributed by atoms with van der Waals surface area (Å²) in [6.07, 6.45) is 1.71. The molecule has 4 heteroatoms. The van der Waals surface area contributed by atoms with Crippen molar-refractivity contribution in [1.29, 1.82) is 0 Å². The third kappa shape index (κ3) is 3.00. The Bertz CT molecular complexity index is 746. The van der Waals surface area contributed by atoms with Crippen LogP contribution in [0.15, 0.2) is 60.8 Å². The molecule has 0 fully saturated rings. The molecule has 0 unspecified atom stereocenters. The third-order valence-electron chi connectivity index (χ3n) is 3.23. The first-order valence-electron chi connectivity index (χ1n) is 6.70. The van der Waals surface area contributed by atoms with Crippen molar-refractivity contribution >= 4 is 11.6 Å². The number of anilines is 1. The number of aromatic amines is 1. The Morgan fingerprint density at radius 1 is 1.10 bits per heavy atom. The zero-order valence-corrected chi connectivity index (χ0v) is 11.6. The van der Waals surface area contributed by atoms with Gasteiger partial charge in [-0.2, -0.15) is 5.10 Å². The summed E-state index contributed by atoms with van der Waals surface area (Å²) in [5, 5.41) is 9.72. The van der Waals surface area contributed by atoms with Crippen molar-refractivity contribution in [2.45, 2.75) is 6.92 Å². The molecule has 0 radical (unpaired) electrons. The Hall–Kier alpha value is -2.88. The topological polar surface area (TPSA) is 57.8 Å². The second kappa shape index (κ2) is 5.63. The number of nitrogens with zero attached hydrogens (tertiary/aromatic N) is 1. The highest BCUT2D eigenvalue weighted by Gasteiger charge is 2.06. The van der Waals surface area contributed by atoms with Gasteiger partial charge in [0.1, 0.15) is 0 Å². The molecule has 4 nitrogen and oxygen atoms in total. The van der Waals surface area contributed by atoms with Crippen LogP contribution in [0.2, 0.25) is 0 Å². The Morgan fingerprint density at radius 3 is 2.57 bits per heavy atom. The van der Waals surface area contributed by atoms with E-state index in [9.17, 15) is 4.79 Å². The number of rotatable bonds is 3. The largest absolute Gasteiger partial charge is 0.322 e. The number of carbonyl (C=O) groups excluding carboxylic acids is 1. The normalized spacial score (nSPS) is 10.3. The first-order valence-corrected chi connectivity index (χ1v) is 6.70. The van der Waals surface area contributed by atoms with Gasteiger partial charge in [0.25, 0.3) is 5.91 Å². The first kappa shape index (κ1) is 13.1. The second-order valence-electron chi connectivity index (χ2n) is 4.87. The highest BCUT2D eigenvalue weighted by molar-refractivity contribution is 6.04. The van der Waals surface area contributed by atoms with Gasteiger partial charge >= 0.3 is 0 Å². The van der Waals surface area contributed by atoms with E-state index in [0.717, 1.165) is 22.5 Å². The summed E-state index contributed by atoms with van der Waals surface area (Å²) in [5.41, 5.74) is 4.47. The summed E-state index contributed by atoms with van der Waals surface area (Å²) < 4.78 is 0. The molecular weight excluding hydrogens is 262 g/mol. The smallest absolute Gasteiger partial charge is 0.255 e. The minimum absolute atomic E-state index is 0.104. The van der Waals surface area contributed by atoms with Gasteiger partial charge in [-0.05, 0) is 42.8 Å². The van der Waals surface area contributed by atoms with Crippen molar-refractivity contribution in [3.8, 4) is 11.3 Å². The minimum atomic E-state index is -0.104. The van der Waals surface area contributed by atoms with Crippen LogP contribution in [0.4, 0.5) is 5.69 Å². The van der Waals surface area contributed by atoms with Crippen LogP contribution >= 0.6 is 0 Å². The Morgan fingerprint density at radius 2 is 1.90 bits per heavy atom. The van der Waals surface area contributed by atoms with Gasteiger partial charge in [0.05, 0.1) is 5.69 Å². The van der Waals surface area contributed by atoms with E-state index < -0.39 is 0 Å². The standard InChI is InChI=1S/C17H15N3O/c1-12-3-2-4-14(11-12)17(21)19-15-7-5-13(6-8-15)16-9-10-18-20-16/h2-11H,1H3,(H,18,20)(H,19,21). The van der Waals surface area contributed by atoms with Crippen LogP contribution in [0.25, 0.3) is 11.3 Å². The fourth-order valence-corrected chi connectivity index (χ4v) is 2.14. The summed E-state index contributed by atoms with van der Waals surface area (Å²) in [6, 6.07) is 17.1. The lowest BCUT2D eigenvalue weighted by Gasteiger charge is -2.06. The number of aryl methyl sites for hydroxylation is 1. The molecule has 0 bridgehead atoms. The summed E-state index contributed by atoms with van der Waals surface area (Å²) in [6.45, 7) is 1.97. The molecule has 2 aromatic carbocycles. The van der Waals surface area contributed by atoms with Gasteiger partial charge in [-0.25, -0.2) is 0 Å². The Labute approximate surface area is 122 Å². The van der Waals surface area contributed by atoms with Crippen molar-refractivity contribution in [1.82, 2.24) is 10.2 Å². The zero-order valence-electron chi connectivity index (χ0n) is 11.6. The number of amides is 1. The van der Waals surface area contributed by atoms with E-state index in [2.05, 4.69) is 15.5 Å². The fraction of sp³-hybridized carbons (Fsp3) is 0.0588. The number of hydrogen-bond donors (Lipinski definition) is 2. The minimum Gasteiger partial charge on any atom is -0.322 e. The van der Waals surface area contributed by atoms with Crippen molar-refractivity contribution in [2.75, 3.05) is 5.32 Å². The molecule has 0 atom stereocenters. The lowest BCUT2D eigenvalue weighted by molar-refractivity contribution is 0.102. The van der Waals surface area contributed by atoms with Crippen LogP contribution in [-0.2, 0) is 0 Å². The lowest BCUT2D eigenvalue weighted by Crippen LogP contribution is -2.11. The molecule has 0 saturated heterocycles. The predicted molar refractivity (Wildman–Crippen MR) is 83.2 cm³/mol. The summed E-state index contributed by atoms with van der Waals surface area (Å²) in [5.74, 6) is -0.104. The maximum Gasteiger partial charge on any atom is 0.255 e. The van der Waals surface area contributed by atoms with Crippen LogP contribution in [0.5, 0.6) is 0 Å². The maximum atomic E-state index is 12.2. The first-order chi connectivity index (χ1) is 10.2. The average Bonchev–Trinajstić information content (AvgIpc) is 3.02. The van der Waals surface area contributed by atoms with E-state index in [1.54, 1.807) is 12.3 Å². The van der Waals surface area contributed by atoms with E-state index >= 15 is 0 Å². The molecule has 1 aromatic heterocycles. The second-order valence-corrected chi connectivity index (χ2v) is 4.87. The highest BCUT2D eigenvalue weighted by atomic mass is 16.1. The zero-order chi connectivity index (χ0) is 14.7. The van der Waals surface area contributed by atoms with E-state index in [1.165, 1.54) is 0 Å². The molecule has 3 aromatic rings. The van der Waals surface area contributed by atoms with Crippen molar-refractivity contribution in [3.63, 3.8) is 0 Å². The monoisotopic (exact) mass is 277 g/mol. The van der Waals surface area contributed by atoms with E-state index in [-0.39, 0.29) is 5.91 Å². The van der Waals surface area contributed by atoms with Gasteiger partial charge in [-0.3, -0.25) is 9.89 Å². The van der Waals surface area contributed by atoms with Crippen LogP contribution < -0.4 is 5.32 Å². The van der Waals surface area contributed by atoms with Gasteiger partial charge in [-0.15, -0.1) is 0 Å². The Kier molecular flexibility index (Phi) is 3.51. The number of nitrogens with one attached hydrogen (secondary N) is 2. The summed E-state index contributed by atoms with van der Waals surface area (Å²) in [7, 11) is 0. The van der Waals surface area contributed by atoms with Crippen LogP contribution in [0, 0.1) is 6.92 Å². The molecule has 0 aliphatic heterocycles. The molecule has 3 rings (SSSR count). The fourth-order valence-electron chi connectivity index (χ4n) is 2.14. The highest BCUT2D eigenvalue weighted by Crippen LogP contribution is 2.19. The quantitative estimate of drug-likeness (QED) is 0.768. The predicted octanol–water partition coefficient (Wildman–Crippen LogP) is 3.64. The van der Waals surface area contributed by atoms with Crippen molar-refractivity contribution in [3.05, 3.63) is 71.9 Å². The van der Waals surface area contributed by atoms with Crippen molar-refractivity contribution in [2.24, 2.45) is 0 Å². The van der Waals surface area contributed by atoms with Gasteiger partial charge in [0.15, 0.2) is 0 Å². The molecule has 104 valence electrons. The van der Waals surface area contributed by atoms with Gasteiger partial charge in [-0.1, -0.05) is 29.8 Å². The number of aromatic nitrogens is 2. The van der Waals surface area contributed by atoms with Crippen LogP contribution in [-0.4, -0.2) is 16.1 Å². The van der Waals surface area contributed by atoms with E-state index in [0.29, 0.717) is 5.56 Å². The summed E-state index contributed by atoms with van der Waals surface area (Å²) >= 11 is 0. The number of benzene rings is 2. The van der Waals surface area contributed by atoms with Gasteiger partial charge in [0, 0.05) is 17.4 Å². The maximum absolute atomic E-state index is 12.2. The number of hydrogen-bond acceptors (Lipinski definition) is 2. The molecule has 0 aliphatic carbocycles. The van der Waals surface area contributed by atoms with E-state index in [1.807, 2.05) is 55.5 Å². The third-order valence-corrected chi connectivity index (χ3v) is 3.23. The molecule has 0 spiro atoms. The average molecular weight is 277 g/mol. The Balaban J connectivity index is 1.75. The number of carbonyl (C=O) groups is 1. The van der Waals surface area contributed by atoms with Crippen LogP contribution in [0.3, 0.4) is 0 Å². The molecule has 2 N–H and O–H groups in total. The molecule has 1 amide bonds. The van der Waals surface area contributed by atoms with Crippen molar-refractivity contribution < 1.29 is 4.79 Å². The SMILES string of the molecule is Cc1cccc(C(=O)Nc2ccc(-c3ccn[nH]3)cc2)c1. The summed E-state index contributed by atoms with van der Waals surface area (Å²) in [4.78, 5) is 12.2. The molecular formula is C17H15N3O. The lowest BCUT2D eigenvalue weighted by atomic mass is 10.1. The van der Waals surface area contributed by atoms with Crippen LogP contribution in [0.1, 0.15) is 15.9 Å². The molecule has 21 heavy (non-hydrogen) atoms. The van der Waals surface area contributed by atoms with Gasteiger partial charge < -0.3 is 5.32 Å².